The van der Waals surface area contributed by atoms with Crippen LogP contribution in [0.3, 0.4) is 0 Å². The van der Waals surface area contributed by atoms with E-state index in [1.165, 1.54) is 0 Å². The molecule has 0 spiro atoms. The lowest BCUT2D eigenvalue weighted by molar-refractivity contribution is 0.0973. The number of Topliss-reactive ketones (excluding diaryl/α,β-unsaturated/α-hetero) is 1. The first-order valence-corrected chi connectivity index (χ1v) is 9.17. The molecule has 140 valence electrons. The fourth-order valence-corrected chi connectivity index (χ4v) is 3.29. The maximum absolute atomic E-state index is 12.7. The third kappa shape index (κ3) is 4.35. The van der Waals surface area contributed by atoms with Crippen molar-refractivity contribution in [1.29, 1.82) is 0 Å². The summed E-state index contributed by atoms with van der Waals surface area (Å²) >= 11 is 0. The zero-order valence-electron chi connectivity index (χ0n) is 15.7. The van der Waals surface area contributed by atoms with Crippen molar-refractivity contribution in [3.8, 4) is 5.75 Å². The van der Waals surface area contributed by atoms with Gasteiger partial charge in [-0.3, -0.25) is 4.79 Å². The molecule has 3 aromatic rings. The molecule has 0 amide bonds. The van der Waals surface area contributed by atoms with Crippen LogP contribution < -0.4 is 10.1 Å². The summed E-state index contributed by atoms with van der Waals surface area (Å²) in [4.78, 5) is 12.7. The average Bonchev–Trinajstić information content (AvgIpc) is 2.72. The zero-order chi connectivity index (χ0) is 19.2. The van der Waals surface area contributed by atoms with E-state index in [-0.39, 0.29) is 11.8 Å². The minimum atomic E-state index is -0.608. The van der Waals surface area contributed by atoms with Crippen molar-refractivity contribution in [3.05, 3.63) is 77.9 Å². The van der Waals surface area contributed by atoms with Crippen LogP contribution in [0.15, 0.2) is 66.7 Å². The SMILES string of the molecule is COc1ccc(C(=O)CCNC(C)C(O)c2ccccc2)c2ccccc12. The van der Waals surface area contributed by atoms with E-state index in [9.17, 15) is 9.90 Å². The number of hydrogen-bond acceptors (Lipinski definition) is 4. The smallest absolute Gasteiger partial charge is 0.164 e. The van der Waals surface area contributed by atoms with Gasteiger partial charge < -0.3 is 15.2 Å². The highest BCUT2D eigenvalue weighted by molar-refractivity contribution is 6.09. The number of carbonyl (C=O) groups excluding carboxylic acids is 1. The molecule has 2 atom stereocenters. The number of ketones is 1. The van der Waals surface area contributed by atoms with Gasteiger partial charge in [-0.2, -0.15) is 0 Å². The summed E-state index contributed by atoms with van der Waals surface area (Å²) in [6.45, 7) is 2.43. The van der Waals surface area contributed by atoms with E-state index in [2.05, 4.69) is 5.32 Å². The van der Waals surface area contributed by atoms with E-state index >= 15 is 0 Å². The standard InChI is InChI=1S/C23H25NO3/c1-16(23(26)17-8-4-3-5-9-17)24-15-14-21(25)19-12-13-22(27-2)20-11-7-6-10-18(19)20/h3-13,16,23-24,26H,14-15H2,1-2H3. The molecule has 3 rings (SSSR count). The molecule has 3 aromatic carbocycles. The van der Waals surface area contributed by atoms with Crippen molar-refractivity contribution in [3.63, 3.8) is 0 Å². The van der Waals surface area contributed by atoms with Gasteiger partial charge in [-0.25, -0.2) is 0 Å². The van der Waals surface area contributed by atoms with Gasteiger partial charge in [0.2, 0.25) is 0 Å². The molecule has 4 nitrogen and oxygen atoms in total. The summed E-state index contributed by atoms with van der Waals surface area (Å²) in [7, 11) is 1.63. The Morgan fingerprint density at radius 1 is 1.00 bits per heavy atom. The van der Waals surface area contributed by atoms with Crippen LogP contribution in [0.2, 0.25) is 0 Å². The second-order valence-corrected chi connectivity index (χ2v) is 6.63. The topological polar surface area (TPSA) is 58.6 Å². The fraction of sp³-hybridized carbons (Fsp3) is 0.261. The molecule has 2 N–H and O–H groups in total. The van der Waals surface area contributed by atoms with Gasteiger partial charge >= 0.3 is 0 Å². The summed E-state index contributed by atoms with van der Waals surface area (Å²) in [5.74, 6) is 0.836. The van der Waals surface area contributed by atoms with Crippen LogP contribution in [0.5, 0.6) is 5.75 Å². The van der Waals surface area contributed by atoms with E-state index in [4.69, 9.17) is 4.74 Å². The Labute approximate surface area is 159 Å². The fourth-order valence-electron chi connectivity index (χ4n) is 3.29. The molecule has 0 saturated carbocycles. The molecule has 4 heteroatoms. The Kier molecular flexibility index (Phi) is 6.22. The maximum Gasteiger partial charge on any atom is 0.164 e. The summed E-state index contributed by atoms with van der Waals surface area (Å²) in [6, 6.07) is 20.8. The molecular weight excluding hydrogens is 338 g/mol. The predicted molar refractivity (Wildman–Crippen MR) is 108 cm³/mol. The largest absolute Gasteiger partial charge is 0.496 e. The normalized spacial score (nSPS) is 13.3. The molecule has 0 saturated heterocycles. The molecule has 0 radical (unpaired) electrons. The van der Waals surface area contributed by atoms with E-state index in [1.54, 1.807) is 7.11 Å². The Bertz CT molecular complexity index is 908. The highest BCUT2D eigenvalue weighted by Crippen LogP contribution is 2.29. The van der Waals surface area contributed by atoms with Crippen LogP contribution in [0, 0.1) is 0 Å². The highest BCUT2D eigenvalue weighted by atomic mass is 16.5. The Hall–Kier alpha value is -2.69. The molecule has 27 heavy (non-hydrogen) atoms. The van der Waals surface area contributed by atoms with Gasteiger partial charge in [-0.1, -0.05) is 54.6 Å². The minimum Gasteiger partial charge on any atom is -0.496 e. The van der Waals surface area contributed by atoms with Crippen molar-refractivity contribution >= 4 is 16.6 Å². The molecule has 0 fully saturated rings. The number of nitrogens with one attached hydrogen (secondary N) is 1. The first kappa shape index (κ1) is 19.1. The second kappa shape index (κ2) is 8.80. The van der Waals surface area contributed by atoms with Crippen LogP contribution in [0.4, 0.5) is 0 Å². The monoisotopic (exact) mass is 363 g/mol. The number of rotatable bonds is 8. The highest BCUT2D eigenvalue weighted by Gasteiger charge is 2.17. The number of benzene rings is 3. The van der Waals surface area contributed by atoms with Crippen LogP contribution in [0.25, 0.3) is 10.8 Å². The Morgan fingerprint density at radius 3 is 2.37 bits per heavy atom. The van der Waals surface area contributed by atoms with E-state index in [0.717, 1.165) is 22.1 Å². The van der Waals surface area contributed by atoms with Crippen molar-refractivity contribution < 1.29 is 14.6 Å². The van der Waals surface area contributed by atoms with Gasteiger partial charge in [0.1, 0.15) is 5.75 Å². The van der Waals surface area contributed by atoms with Crippen molar-refractivity contribution in [2.24, 2.45) is 0 Å². The molecule has 0 heterocycles. The third-order valence-corrected chi connectivity index (χ3v) is 4.84. The molecule has 0 aliphatic heterocycles. The molecule has 0 aliphatic carbocycles. The van der Waals surface area contributed by atoms with Gasteiger partial charge in [0.15, 0.2) is 5.78 Å². The average molecular weight is 363 g/mol. The minimum absolute atomic E-state index is 0.0720. The molecule has 0 bridgehead atoms. The van der Waals surface area contributed by atoms with Gasteiger partial charge in [-0.15, -0.1) is 0 Å². The summed E-state index contributed by atoms with van der Waals surface area (Å²) in [6.07, 6.45) is -0.245. The summed E-state index contributed by atoms with van der Waals surface area (Å²) < 4.78 is 5.39. The number of aliphatic hydroxyl groups excluding tert-OH is 1. The van der Waals surface area contributed by atoms with Crippen molar-refractivity contribution in [2.45, 2.75) is 25.5 Å². The lowest BCUT2D eigenvalue weighted by Crippen LogP contribution is -2.33. The number of aliphatic hydroxyl groups is 1. The lowest BCUT2D eigenvalue weighted by Gasteiger charge is -2.20. The lowest BCUT2D eigenvalue weighted by atomic mass is 9.99. The van der Waals surface area contributed by atoms with E-state index in [1.807, 2.05) is 73.7 Å². The molecule has 0 aromatic heterocycles. The first-order valence-electron chi connectivity index (χ1n) is 9.17. The number of methoxy groups -OCH3 is 1. The number of ether oxygens (including phenoxy) is 1. The molecular formula is C23H25NO3. The number of carbonyl (C=O) groups is 1. The maximum atomic E-state index is 12.7. The summed E-state index contributed by atoms with van der Waals surface area (Å²) in [5.41, 5.74) is 1.56. The van der Waals surface area contributed by atoms with Crippen LogP contribution in [-0.2, 0) is 0 Å². The van der Waals surface area contributed by atoms with E-state index < -0.39 is 6.10 Å². The first-order chi connectivity index (χ1) is 13.1. The third-order valence-electron chi connectivity index (χ3n) is 4.84. The number of fused-ring (bicyclic) bond motifs is 1. The van der Waals surface area contributed by atoms with Crippen LogP contribution in [-0.4, -0.2) is 30.6 Å². The second-order valence-electron chi connectivity index (χ2n) is 6.63. The van der Waals surface area contributed by atoms with Crippen LogP contribution in [0.1, 0.15) is 35.4 Å². The number of hydrogen-bond donors (Lipinski definition) is 2. The van der Waals surface area contributed by atoms with Gasteiger partial charge in [-0.05, 0) is 30.0 Å². The zero-order valence-corrected chi connectivity index (χ0v) is 15.7. The summed E-state index contributed by atoms with van der Waals surface area (Å²) in [5, 5.41) is 15.5. The molecule has 0 aliphatic rings. The van der Waals surface area contributed by atoms with Crippen molar-refractivity contribution in [1.82, 2.24) is 5.32 Å². The Morgan fingerprint density at radius 2 is 1.67 bits per heavy atom. The Balaban J connectivity index is 1.64. The van der Waals surface area contributed by atoms with Gasteiger partial charge in [0.25, 0.3) is 0 Å². The quantitative estimate of drug-likeness (QED) is 0.591. The predicted octanol–water partition coefficient (Wildman–Crippen LogP) is 4.13. The van der Waals surface area contributed by atoms with Gasteiger partial charge in [0, 0.05) is 30.0 Å². The van der Waals surface area contributed by atoms with Crippen LogP contribution >= 0.6 is 0 Å². The van der Waals surface area contributed by atoms with E-state index in [0.29, 0.717) is 18.5 Å². The molecule has 2 unspecified atom stereocenters. The van der Waals surface area contributed by atoms with Gasteiger partial charge in [0.05, 0.1) is 13.2 Å². The van der Waals surface area contributed by atoms with Crippen molar-refractivity contribution in [2.75, 3.05) is 13.7 Å².